The van der Waals surface area contributed by atoms with Crippen LogP contribution in [0.1, 0.15) is 40.5 Å². The smallest absolute Gasteiger partial charge is 0.323 e. The summed E-state index contributed by atoms with van der Waals surface area (Å²) in [6.45, 7) is 7.31. The summed E-state index contributed by atoms with van der Waals surface area (Å²) in [5.74, 6) is -1.55. The summed E-state index contributed by atoms with van der Waals surface area (Å²) in [7, 11) is 0. The molecule has 0 aromatic carbocycles. The molecule has 1 atom stereocenters. The molecular weight excluding hydrogens is 362 g/mol. The molecular formula is C16H32ClN5O4. The van der Waals surface area contributed by atoms with Gasteiger partial charge in [-0.2, -0.15) is 0 Å². The Kier molecular flexibility index (Phi) is 12.9. The van der Waals surface area contributed by atoms with Crippen molar-refractivity contribution in [2.45, 2.75) is 52.1 Å². The van der Waals surface area contributed by atoms with Gasteiger partial charge in [0.2, 0.25) is 0 Å². The van der Waals surface area contributed by atoms with Gasteiger partial charge < -0.3 is 21.5 Å². The molecule has 152 valence electrons. The van der Waals surface area contributed by atoms with E-state index in [4.69, 9.17) is 21.6 Å². The summed E-state index contributed by atoms with van der Waals surface area (Å²) >= 11 is 0. The number of nitrogens with zero attached hydrogens (tertiary/aromatic N) is 1. The van der Waals surface area contributed by atoms with Crippen LogP contribution in [-0.4, -0.2) is 66.2 Å². The molecule has 0 aromatic rings. The number of guanidine groups is 1. The number of hydrogen-bond acceptors (Lipinski definition) is 7. The second-order valence-corrected chi connectivity index (χ2v) is 5.84. The number of Topliss-reactive ketones (excluding diaryl/α,β-unsaturated/α-hetero) is 2. The molecule has 9 nitrogen and oxygen atoms in total. The topological polar surface area (TPSA) is 152 Å². The number of rotatable bonds is 12. The summed E-state index contributed by atoms with van der Waals surface area (Å²) in [5.41, 5.74) is 9.47. The zero-order valence-corrected chi connectivity index (χ0v) is 16.8. The fraction of sp³-hybridized carbons (Fsp3) is 0.750. The van der Waals surface area contributed by atoms with E-state index in [2.05, 4.69) is 5.32 Å². The van der Waals surface area contributed by atoms with E-state index >= 15 is 0 Å². The quantitative estimate of drug-likeness (QED) is 0.117. The first kappa shape index (κ1) is 26.5. The van der Waals surface area contributed by atoms with Crippen LogP contribution in [0.3, 0.4) is 0 Å². The normalized spacial score (nSPS) is 12.1. The minimum absolute atomic E-state index is 0. The van der Waals surface area contributed by atoms with Gasteiger partial charge in [0, 0.05) is 6.54 Å². The number of esters is 1. The molecule has 0 bridgehead atoms. The largest absolute Gasteiger partial charge is 0.462 e. The highest BCUT2D eigenvalue weighted by atomic mass is 35.5. The van der Waals surface area contributed by atoms with E-state index in [1.807, 2.05) is 13.8 Å². The molecule has 0 spiro atoms. The van der Waals surface area contributed by atoms with Crippen molar-refractivity contribution < 1.29 is 19.1 Å². The fourth-order valence-electron chi connectivity index (χ4n) is 2.70. The number of ether oxygens (including phenoxy) is 1. The van der Waals surface area contributed by atoms with Crippen LogP contribution in [0.15, 0.2) is 0 Å². The minimum atomic E-state index is -1.48. The molecule has 10 heteroatoms. The van der Waals surface area contributed by atoms with Crippen LogP contribution >= 0.6 is 12.4 Å². The van der Waals surface area contributed by atoms with Crippen molar-refractivity contribution in [1.82, 2.24) is 10.2 Å². The molecule has 0 radical (unpaired) electrons. The summed E-state index contributed by atoms with van der Waals surface area (Å²) in [6.07, 6.45) is 0.855. The lowest BCUT2D eigenvalue weighted by Crippen LogP contribution is -2.62. The van der Waals surface area contributed by atoms with Gasteiger partial charge in [-0.05, 0) is 39.8 Å². The van der Waals surface area contributed by atoms with E-state index in [1.54, 1.807) is 4.90 Å². The predicted molar refractivity (Wildman–Crippen MR) is 102 cm³/mol. The highest BCUT2D eigenvalue weighted by molar-refractivity contribution is 6.10. The first-order valence-corrected chi connectivity index (χ1v) is 8.40. The second-order valence-electron chi connectivity index (χ2n) is 5.84. The number of carbonyl (C=O) groups is 3. The van der Waals surface area contributed by atoms with Gasteiger partial charge in [0.25, 0.3) is 0 Å². The van der Waals surface area contributed by atoms with E-state index in [-0.39, 0.29) is 36.5 Å². The van der Waals surface area contributed by atoms with Crippen LogP contribution in [0.25, 0.3) is 0 Å². The summed E-state index contributed by atoms with van der Waals surface area (Å²) in [5, 5.41) is 9.65. The highest BCUT2D eigenvalue weighted by Crippen LogP contribution is 2.20. The van der Waals surface area contributed by atoms with Crippen LogP contribution in [0.2, 0.25) is 0 Å². The molecule has 0 amide bonds. The van der Waals surface area contributed by atoms with Gasteiger partial charge in [0.1, 0.15) is 12.6 Å². The Morgan fingerprint density at radius 3 is 2.08 bits per heavy atom. The van der Waals surface area contributed by atoms with Gasteiger partial charge in [-0.1, -0.05) is 13.8 Å². The number of ketones is 2. The van der Waals surface area contributed by atoms with Gasteiger partial charge in [-0.25, -0.2) is 0 Å². The zero-order valence-electron chi connectivity index (χ0n) is 16.0. The zero-order chi connectivity index (χ0) is 19.6. The lowest BCUT2D eigenvalue weighted by Gasteiger charge is -2.38. The van der Waals surface area contributed by atoms with Crippen molar-refractivity contribution in [1.29, 1.82) is 5.41 Å². The van der Waals surface area contributed by atoms with E-state index in [1.165, 1.54) is 13.8 Å². The fourth-order valence-corrected chi connectivity index (χ4v) is 2.70. The monoisotopic (exact) mass is 393 g/mol. The Hall–Kier alpha value is -1.71. The third-order valence-corrected chi connectivity index (χ3v) is 4.20. The molecule has 0 fully saturated rings. The maximum Gasteiger partial charge on any atom is 0.323 e. The molecule has 0 aliphatic carbocycles. The summed E-state index contributed by atoms with van der Waals surface area (Å²) in [4.78, 5) is 38.2. The van der Waals surface area contributed by atoms with Gasteiger partial charge in [0.15, 0.2) is 23.1 Å². The standard InChI is InChI=1S/C16H31N5O4.ClH/c1-5-21(6-2)16(11(3)22,12(4)23)10-25-14(24)13(17)8-7-9-20-15(18)19;/h13H,5-10,17H2,1-4H3,(H4,18,19,20);1H/t13-;/m0./s1. The van der Waals surface area contributed by atoms with E-state index in [0.29, 0.717) is 32.5 Å². The van der Waals surface area contributed by atoms with Crippen molar-refractivity contribution in [3.8, 4) is 0 Å². The Balaban J connectivity index is 0. The van der Waals surface area contributed by atoms with Gasteiger partial charge in [-0.15, -0.1) is 12.4 Å². The van der Waals surface area contributed by atoms with Gasteiger partial charge >= 0.3 is 5.97 Å². The average molecular weight is 394 g/mol. The number of carbonyl (C=O) groups excluding carboxylic acids is 3. The van der Waals surface area contributed by atoms with Crippen molar-refractivity contribution in [2.75, 3.05) is 26.2 Å². The van der Waals surface area contributed by atoms with E-state index < -0.39 is 17.6 Å². The molecule has 0 unspecified atom stereocenters. The van der Waals surface area contributed by atoms with Crippen LogP contribution in [-0.2, 0) is 19.1 Å². The lowest BCUT2D eigenvalue weighted by molar-refractivity contribution is -0.156. The Bertz CT molecular complexity index is 483. The molecule has 0 saturated carbocycles. The molecule has 26 heavy (non-hydrogen) atoms. The van der Waals surface area contributed by atoms with Gasteiger partial charge in [-0.3, -0.25) is 24.7 Å². The number of nitrogens with one attached hydrogen (secondary N) is 2. The second kappa shape index (κ2) is 12.6. The van der Waals surface area contributed by atoms with Crippen molar-refractivity contribution in [3.05, 3.63) is 0 Å². The average Bonchev–Trinajstić information content (AvgIpc) is 2.53. The van der Waals surface area contributed by atoms with E-state index in [9.17, 15) is 14.4 Å². The number of halogens is 1. The molecule has 0 saturated heterocycles. The van der Waals surface area contributed by atoms with Crippen LogP contribution in [0, 0.1) is 5.41 Å². The molecule has 0 rings (SSSR count). The van der Waals surface area contributed by atoms with Crippen molar-refractivity contribution >= 4 is 35.9 Å². The van der Waals surface area contributed by atoms with Crippen LogP contribution in [0.5, 0.6) is 0 Å². The molecule has 0 aliphatic rings. The minimum Gasteiger partial charge on any atom is -0.462 e. The molecule has 0 heterocycles. The first-order chi connectivity index (χ1) is 11.6. The van der Waals surface area contributed by atoms with Crippen molar-refractivity contribution in [3.63, 3.8) is 0 Å². The molecule has 6 N–H and O–H groups in total. The van der Waals surface area contributed by atoms with Crippen molar-refractivity contribution in [2.24, 2.45) is 11.5 Å². The number of hydrogen-bond donors (Lipinski definition) is 4. The van der Waals surface area contributed by atoms with Crippen LogP contribution < -0.4 is 16.8 Å². The van der Waals surface area contributed by atoms with Crippen LogP contribution in [0.4, 0.5) is 0 Å². The SMILES string of the molecule is CCN(CC)C(COC(=O)[C@@H](N)CCCNC(=N)N)(C(C)=O)C(C)=O.Cl. The van der Waals surface area contributed by atoms with Gasteiger partial charge in [0.05, 0.1) is 0 Å². The third kappa shape index (κ3) is 7.27. The number of likely N-dealkylation sites (N-methyl/N-ethyl adjacent to an activating group) is 1. The molecule has 0 aromatic heterocycles. The maximum atomic E-state index is 12.2. The Morgan fingerprint density at radius 2 is 1.69 bits per heavy atom. The number of nitrogens with two attached hydrogens (primary N) is 2. The lowest BCUT2D eigenvalue weighted by atomic mass is 9.88. The Morgan fingerprint density at radius 1 is 1.19 bits per heavy atom. The molecule has 0 aliphatic heterocycles. The first-order valence-electron chi connectivity index (χ1n) is 8.40. The third-order valence-electron chi connectivity index (χ3n) is 4.20. The van der Waals surface area contributed by atoms with E-state index in [0.717, 1.165) is 0 Å². The maximum absolute atomic E-state index is 12.2. The predicted octanol–water partition coefficient (Wildman–Crippen LogP) is -0.199. The highest BCUT2D eigenvalue weighted by Gasteiger charge is 2.46. The Labute approximate surface area is 161 Å². The summed E-state index contributed by atoms with van der Waals surface area (Å²) < 4.78 is 5.22. The summed E-state index contributed by atoms with van der Waals surface area (Å²) in [6, 6.07) is -0.873.